The lowest BCUT2D eigenvalue weighted by Crippen LogP contribution is -2.21. The smallest absolute Gasteiger partial charge is 0.175 e. The standard InChI is InChI=1S/C10H16N2O2S/c1-15(13,14)10-4-2-9(3-5-10)8-12-7-6-11/h2-5,12H,6-8,11H2,1H3. The van der Waals surface area contributed by atoms with Gasteiger partial charge in [0.25, 0.3) is 0 Å². The summed E-state index contributed by atoms with van der Waals surface area (Å²) < 4.78 is 22.3. The van der Waals surface area contributed by atoms with Gasteiger partial charge in [0.05, 0.1) is 4.90 Å². The quantitative estimate of drug-likeness (QED) is 0.703. The fourth-order valence-electron chi connectivity index (χ4n) is 1.19. The first-order valence-corrected chi connectivity index (χ1v) is 6.63. The highest BCUT2D eigenvalue weighted by Crippen LogP contribution is 2.09. The predicted molar refractivity (Wildman–Crippen MR) is 60.3 cm³/mol. The second kappa shape index (κ2) is 5.25. The van der Waals surface area contributed by atoms with Crippen LogP contribution in [0.15, 0.2) is 29.2 Å². The first kappa shape index (κ1) is 12.2. The summed E-state index contributed by atoms with van der Waals surface area (Å²) in [4.78, 5) is 0.352. The van der Waals surface area contributed by atoms with Gasteiger partial charge in [0.2, 0.25) is 0 Å². The summed E-state index contributed by atoms with van der Waals surface area (Å²) in [5.74, 6) is 0. The van der Waals surface area contributed by atoms with E-state index in [4.69, 9.17) is 5.73 Å². The number of sulfone groups is 1. The second-order valence-corrected chi connectivity index (χ2v) is 5.40. The topological polar surface area (TPSA) is 72.2 Å². The highest BCUT2D eigenvalue weighted by Gasteiger charge is 2.05. The van der Waals surface area contributed by atoms with Crippen molar-refractivity contribution >= 4 is 9.84 Å². The zero-order valence-corrected chi connectivity index (χ0v) is 9.55. The Kier molecular flexibility index (Phi) is 4.26. The van der Waals surface area contributed by atoms with Crippen molar-refractivity contribution in [2.75, 3.05) is 19.3 Å². The lowest BCUT2D eigenvalue weighted by atomic mass is 10.2. The molecule has 5 heteroatoms. The molecule has 0 bridgehead atoms. The Labute approximate surface area is 90.4 Å². The van der Waals surface area contributed by atoms with Crippen molar-refractivity contribution < 1.29 is 8.42 Å². The van der Waals surface area contributed by atoms with Crippen molar-refractivity contribution in [1.82, 2.24) is 5.32 Å². The molecule has 1 aromatic carbocycles. The highest BCUT2D eigenvalue weighted by molar-refractivity contribution is 7.90. The number of hydrogen-bond donors (Lipinski definition) is 2. The van der Waals surface area contributed by atoms with Crippen molar-refractivity contribution in [3.05, 3.63) is 29.8 Å². The molecule has 15 heavy (non-hydrogen) atoms. The van der Waals surface area contributed by atoms with E-state index in [-0.39, 0.29) is 0 Å². The van der Waals surface area contributed by atoms with Gasteiger partial charge in [-0.2, -0.15) is 0 Å². The van der Waals surface area contributed by atoms with E-state index >= 15 is 0 Å². The van der Waals surface area contributed by atoms with Crippen LogP contribution in [0.4, 0.5) is 0 Å². The molecule has 0 aromatic heterocycles. The van der Waals surface area contributed by atoms with Crippen LogP contribution in [0.2, 0.25) is 0 Å². The molecule has 0 fully saturated rings. The molecule has 0 atom stereocenters. The summed E-state index contributed by atoms with van der Waals surface area (Å²) >= 11 is 0. The monoisotopic (exact) mass is 228 g/mol. The van der Waals surface area contributed by atoms with Crippen LogP contribution >= 0.6 is 0 Å². The van der Waals surface area contributed by atoms with Crippen molar-refractivity contribution in [1.29, 1.82) is 0 Å². The molecule has 0 saturated carbocycles. The number of rotatable bonds is 5. The molecule has 0 aliphatic heterocycles. The Morgan fingerprint density at radius 1 is 1.27 bits per heavy atom. The maximum Gasteiger partial charge on any atom is 0.175 e. The fourth-order valence-corrected chi connectivity index (χ4v) is 1.82. The molecule has 0 heterocycles. The molecular formula is C10H16N2O2S. The zero-order valence-electron chi connectivity index (χ0n) is 8.73. The number of nitrogens with two attached hydrogens (primary N) is 1. The molecule has 0 aliphatic rings. The molecule has 0 spiro atoms. The first-order valence-electron chi connectivity index (χ1n) is 4.74. The normalized spacial score (nSPS) is 11.6. The largest absolute Gasteiger partial charge is 0.329 e. The molecule has 3 N–H and O–H groups in total. The maximum atomic E-state index is 11.2. The Hall–Kier alpha value is -0.910. The average Bonchev–Trinajstić information content (AvgIpc) is 2.18. The fraction of sp³-hybridized carbons (Fsp3) is 0.400. The van der Waals surface area contributed by atoms with E-state index in [0.717, 1.165) is 12.1 Å². The Morgan fingerprint density at radius 2 is 1.87 bits per heavy atom. The first-order chi connectivity index (χ1) is 7.04. The minimum Gasteiger partial charge on any atom is -0.329 e. The van der Waals surface area contributed by atoms with Crippen molar-refractivity contribution in [2.45, 2.75) is 11.4 Å². The number of benzene rings is 1. The molecule has 84 valence electrons. The van der Waals surface area contributed by atoms with Crippen LogP contribution in [-0.4, -0.2) is 27.8 Å². The summed E-state index contributed by atoms with van der Waals surface area (Å²) in [6.45, 7) is 2.07. The maximum absolute atomic E-state index is 11.2. The van der Waals surface area contributed by atoms with Crippen molar-refractivity contribution in [2.24, 2.45) is 5.73 Å². The molecule has 1 rings (SSSR count). The van der Waals surface area contributed by atoms with Gasteiger partial charge in [0, 0.05) is 25.9 Å². The summed E-state index contributed by atoms with van der Waals surface area (Å²) in [5, 5.41) is 3.14. The van der Waals surface area contributed by atoms with Crippen LogP contribution in [0.25, 0.3) is 0 Å². The Morgan fingerprint density at radius 3 is 2.33 bits per heavy atom. The van der Waals surface area contributed by atoms with E-state index in [2.05, 4.69) is 5.32 Å². The van der Waals surface area contributed by atoms with Gasteiger partial charge in [-0.1, -0.05) is 12.1 Å². The van der Waals surface area contributed by atoms with Crippen LogP contribution in [-0.2, 0) is 16.4 Å². The van der Waals surface area contributed by atoms with E-state index < -0.39 is 9.84 Å². The summed E-state index contributed by atoms with van der Waals surface area (Å²) in [5.41, 5.74) is 6.38. The van der Waals surface area contributed by atoms with Gasteiger partial charge < -0.3 is 11.1 Å². The molecule has 4 nitrogen and oxygen atoms in total. The van der Waals surface area contributed by atoms with Gasteiger partial charge in [-0.05, 0) is 17.7 Å². The lowest BCUT2D eigenvalue weighted by Gasteiger charge is -2.04. The zero-order chi connectivity index (χ0) is 11.3. The van der Waals surface area contributed by atoms with Crippen LogP contribution in [0.5, 0.6) is 0 Å². The predicted octanol–water partition coefficient (Wildman–Crippen LogP) is 0.138. The van der Waals surface area contributed by atoms with Crippen LogP contribution in [0, 0.1) is 0 Å². The van der Waals surface area contributed by atoms with Gasteiger partial charge in [0.1, 0.15) is 0 Å². The van der Waals surface area contributed by atoms with Gasteiger partial charge in [-0.25, -0.2) is 8.42 Å². The summed E-state index contributed by atoms with van der Waals surface area (Å²) in [6.07, 6.45) is 1.20. The van der Waals surface area contributed by atoms with E-state index in [1.807, 2.05) is 0 Å². The van der Waals surface area contributed by atoms with Gasteiger partial charge >= 0.3 is 0 Å². The van der Waals surface area contributed by atoms with Crippen LogP contribution in [0.3, 0.4) is 0 Å². The van der Waals surface area contributed by atoms with Crippen molar-refractivity contribution in [3.8, 4) is 0 Å². The Bertz CT molecular complexity index is 398. The molecule has 0 saturated heterocycles. The number of nitrogens with one attached hydrogen (secondary N) is 1. The van der Waals surface area contributed by atoms with E-state index in [0.29, 0.717) is 18.0 Å². The molecule has 0 aliphatic carbocycles. The summed E-state index contributed by atoms with van der Waals surface area (Å²) in [7, 11) is -3.09. The lowest BCUT2D eigenvalue weighted by molar-refractivity contribution is 0.602. The van der Waals surface area contributed by atoms with Crippen molar-refractivity contribution in [3.63, 3.8) is 0 Å². The SMILES string of the molecule is CS(=O)(=O)c1ccc(CNCCN)cc1. The van der Waals surface area contributed by atoms with Crippen LogP contribution in [0.1, 0.15) is 5.56 Å². The van der Waals surface area contributed by atoms with Crippen LogP contribution < -0.4 is 11.1 Å². The third-order valence-corrected chi connectivity index (χ3v) is 3.13. The van der Waals surface area contributed by atoms with E-state index in [9.17, 15) is 8.42 Å². The third kappa shape index (κ3) is 3.99. The third-order valence-electron chi connectivity index (χ3n) is 2.00. The van der Waals surface area contributed by atoms with E-state index in [1.165, 1.54) is 6.26 Å². The Balaban J connectivity index is 2.65. The van der Waals surface area contributed by atoms with E-state index in [1.54, 1.807) is 24.3 Å². The molecule has 1 aromatic rings. The second-order valence-electron chi connectivity index (χ2n) is 3.38. The number of hydrogen-bond acceptors (Lipinski definition) is 4. The average molecular weight is 228 g/mol. The minimum atomic E-state index is -3.09. The minimum absolute atomic E-state index is 0.352. The molecule has 0 radical (unpaired) electrons. The molecule has 0 amide bonds. The van der Waals surface area contributed by atoms with Gasteiger partial charge in [-0.15, -0.1) is 0 Å². The molecule has 0 unspecified atom stereocenters. The van der Waals surface area contributed by atoms with Gasteiger partial charge in [0.15, 0.2) is 9.84 Å². The highest BCUT2D eigenvalue weighted by atomic mass is 32.2. The van der Waals surface area contributed by atoms with Gasteiger partial charge in [-0.3, -0.25) is 0 Å². The molecular weight excluding hydrogens is 212 g/mol. The summed E-state index contributed by atoms with van der Waals surface area (Å²) in [6, 6.07) is 6.85.